The largest absolute Gasteiger partial charge is 0.462 e. The fraction of sp³-hybridized carbons (Fsp3) is 0.548. The Hall–Kier alpha value is -4.48. The van der Waals surface area contributed by atoms with Crippen LogP contribution in [0.2, 0.25) is 0 Å². The van der Waals surface area contributed by atoms with Gasteiger partial charge in [0.1, 0.15) is 6.61 Å². The average Bonchev–Trinajstić information content (AvgIpc) is 3.33. The molecule has 0 saturated heterocycles. The van der Waals surface area contributed by atoms with Crippen LogP contribution in [0.15, 0.2) is 158 Å². The van der Waals surface area contributed by atoms with Crippen LogP contribution < -0.4 is 0 Å². The summed E-state index contributed by atoms with van der Waals surface area (Å²) in [5.74, 6) is -0.665. The Morgan fingerprint density at radius 1 is 0.358 bits per heavy atom. The highest BCUT2D eigenvalue weighted by molar-refractivity contribution is 5.70. The van der Waals surface area contributed by atoms with Gasteiger partial charge in [-0.2, -0.15) is 0 Å². The van der Waals surface area contributed by atoms with Gasteiger partial charge in [0, 0.05) is 12.8 Å². The van der Waals surface area contributed by atoms with Crippen molar-refractivity contribution < 1.29 is 24.2 Å². The zero-order valence-electron chi connectivity index (χ0n) is 42.6. The zero-order chi connectivity index (χ0) is 48.5. The van der Waals surface area contributed by atoms with Gasteiger partial charge in [0.25, 0.3) is 0 Å². The molecule has 374 valence electrons. The van der Waals surface area contributed by atoms with E-state index in [1.165, 1.54) is 51.4 Å². The van der Waals surface area contributed by atoms with E-state index in [-0.39, 0.29) is 31.6 Å². The van der Waals surface area contributed by atoms with Gasteiger partial charge in [-0.25, -0.2) is 0 Å². The summed E-state index contributed by atoms with van der Waals surface area (Å²) < 4.78 is 10.6. The third-order valence-electron chi connectivity index (χ3n) is 10.6. The highest BCUT2D eigenvalue weighted by atomic mass is 16.6. The predicted octanol–water partition coefficient (Wildman–Crippen LogP) is 18.0. The van der Waals surface area contributed by atoms with Crippen molar-refractivity contribution in [2.45, 2.75) is 206 Å². The van der Waals surface area contributed by atoms with Gasteiger partial charge in [0.05, 0.1) is 6.61 Å². The quantitative estimate of drug-likeness (QED) is 0.0374. The maximum Gasteiger partial charge on any atom is 0.306 e. The van der Waals surface area contributed by atoms with Gasteiger partial charge in [0.15, 0.2) is 6.10 Å². The zero-order valence-corrected chi connectivity index (χ0v) is 42.6. The number of rotatable bonds is 46. The van der Waals surface area contributed by atoms with Crippen LogP contribution in [-0.4, -0.2) is 36.4 Å². The first-order chi connectivity index (χ1) is 33.1. The van der Waals surface area contributed by atoms with E-state index in [2.05, 4.69) is 172 Å². The Bertz CT molecular complexity index is 1510. The summed E-state index contributed by atoms with van der Waals surface area (Å²) in [6.45, 7) is 3.95. The van der Waals surface area contributed by atoms with Gasteiger partial charge in [0.2, 0.25) is 0 Å². The third-order valence-corrected chi connectivity index (χ3v) is 10.6. The van der Waals surface area contributed by atoms with Gasteiger partial charge in [-0.1, -0.05) is 217 Å². The molecule has 5 nitrogen and oxygen atoms in total. The number of carbonyl (C=O) groups excluding carboxylic acids is 2. The maximum atomic E-state index is 12.2. The lowest BCUT2D eigenvalue weighted by Crippen LogP contribution is -2.28. The fourth-order valence-electron chi connectivity index (χ4n) is 6.59. The van der Waals surface area contributed by atoms with Crippen molar-refractivity contribution in [1.82, 2.24) is 0 Å². The highest BCUT2D eigenvalue weighted by Gasteiger charge is 2.16. The molecular formula is C62H96O5. The minimum absolute atomic E-state index is 0.0975. The van der Waals surface area contributed by atoms with Crippen LogP contribution in [0.1, 0.15) is 200 Å². The van der Waals surface area contributed by atoms with E-state index in [4.69, 9.17) is 9.47 Å². The molecule has 0 aromatic heterocycles. The number of unbranched alkanes of at least 4 members (excludes halogenated alkanes) is 12. The third kappa shape index (κ3) is 54.0. The molecule has 5 heteroatoms. The van der Waals surface area contributed by atoms with Gasteiger partial charge >= 0.3 is 11.9 Å². The summed E-state index contributed by atoms with van der Waals surface area (Å²) >= 11 is 0. The molecule has 0 spiro atoms. The fourth-order valence-corrected chi connectivity index (χ4v) is 6.59. The SMILES string of the molecule is CC/C=C\C/C=C\C/C=C\C/C=C\C/C=C\C/C=C\C/C=C\C/C=C\C/C=C\C/C=C\C/C=C\C/C=C\CCCCC(=O)OC(CO)COC(=O)CCCCCCC/C=C\CCCCCCC. The molecule has 67 heavy (non-hydrogen) atoms. The first-order valence-electron chi connectivity index (χ1n) is 26.5. The number of allylic oxidation sites excluding steroid dienone is 26. The van der Waals surface area contributed by atoms with Crippen LogP contribution in [0.5, 0.6) is 0 Å². The minimum atomic E-state index is -0.809. The first-order valence-corrected chi connectivity index (χ1v) is 26.5. The Morgan fingerprint density at radius 3 is 1.01 bits per heavy atom. The van der Waals surface area contributed by atoms with Crippen molar-refractivity contribution in [3.8, 4) is 0 Å². The molecule has 0 aromatic rings. The van der Waals surface area contributed by atoms with E-state index in [1.54, 1.807) is 0 Å². The topological polar surface area (TPSA) is 72.8 Å². The molecular weight excluding hydrogens is 825 g/mol. The average molecular weight is 921 g/mol. The van der Waals surface area contributed by atoms with Crippen LogP contribution in [-0.2, 0) is 19.1 Å². The molecule has 0 aliphatic carbocycles. The molecule has 1 atom stereocenters. The van der Waals surface area contributed by atoms with Crippen LogP contribution in [0, 0.1) is 0 Å². The molecule has 1 N–H and O–H groups in total. The van der Waals surface area contributed by atoms with Gasteiger partial charge in [-0.3, -0.25) is 9.59 Å². The van der Waals surface area contributed by atoms with Gasteiger partial charge in [-0.15, -0.1) is 0 Å². The molecule has 0 aliphatic rings. The van der Waals surface area contributed by atoms with Crippen molar-refractivity contribution in [1.29, 1.82) is 0 Å². The van der Waals surface area contributed by atoms with Crippen molar-refractivity contribution in [2.75, 3.05) is 13.2 Å². The molecule has 0 fully saturated rings. The van der Waals surface area contributed by atoms with E-state index in [0.29, 0.717) is 12.8 Å². The molecule has 0 aliphatic heterocycles. The number of aliphatic hydroxyl groups is 1. The molecule has 0 heterocycles. The van der Waals surface area contributed by atoms with E-state index < -0.39 is 6.10 Å². The summed E-state index contributed by atoms with van der Waals surface area (Å²) in [5, 5.41) is 9.60. The van der Waals surface area contributed by atoms with E-state index in [0.717, 1.165) is 116 Å². The van der Waals surface area contributed by atoms with Crippen molar-refractivity contribution in [3.63, 3.8) is 0 Å². The van der Waals surface area contributed by atoms with E-state index >= 15 is 0 Å². The van der Waals surface area contributed by atoms with Crippen LogP contribution in [0.4, 0.5) is 0 Å². The lowest BCUT2D eigenvalue weighted by Gasteiger charge is -2.15. The summed E-state index contributed by atoms with van der Waals surface area (Å²) in [5.41, 5.74) is 0. The molecule has 0 aromatic carbocycles. The van der Waals surface area contributed by atoms with Crippen molar-refractivity contribution in [2.24, 2.45) is 0 Å². The summed E-state index contributed by atoms with van der Waals surface area (Å²) in [7, 11) is 0. The second kappa shape index (κ2) is 55.8. The van der Waals surface area contributed by atoms with Crippen molar-refractivity contribution in [3.05, 3.63) is 158 Å². The van der Waals surface area contributed by atoms with E-state index in [9.17, 15) is 14.7 Å². The summed E-state index contributed by atoms with van der Waals surface area (Å²) in [6, 6.07) is 0. The Morgan fingerprint density at radius 2 is 0.642 bits per heavy atom. The number of hydrogen-bond donors (Lipinski definition) is 1. The second-order valence-electron chi connectivity index (χ2n) is 16.9. The molecule has 0 radical (unpaired) electrons. The minimum Gasteiger partial charge on any atom is -0.462 e. The molecule has 0 saturated carbocycles. The highest BCUT2D eigenvalue weighted by Crippen LogP contribution is 2.11. The molecule has 0 amide bonds. The Labute approximate surface area is 411 Å². The van der Waals surface area contributed by atoms with Crippen LogP contribution >= 0.6 is 0 Å². The van der Waals surface area contributed by atoms with Gasteiger partial charge < -0.3 is 14.6 Å². The maximum absolute atomic E-state index is 12.2. The molecule has 0 bridgehead atoms. The Kier molecular flexibility index (Phi) is 52.1. The monoisotopic (exact) mass is 921 g/mol. The smallest absolute Gasteiger partial charge is 0.306 e. The molecule has 0 rings (SSSR count). The first kappa shape index (κ1) is 62.5. The predicted molar refractivity (Wildman–Crippen MR) is 292 cm³/mol. The second-order valence-corrected chi connectivity index (χ2v) is 16.9. The number of aliphatic hydroxyl groups excluding tert-OH is 1. The number of ether oxygens (including phenoxy) is 2. The van der Waals surface area contributed by atoms with Gasteiger partial charge in [-0.05, 0) is 128 Å². The lowest BCUT2D eigenvalue weighted by molar-refractivity contribution is -0.161. The normalized spacial score (nSPS) is 13.5. The molecule has 1 unspecified atom stereocenters. The summed E-state index contributed by atoms with van der Waals surface area (Å²) in [6.07, 6.45) is 86.3. The summed E-state index contributed by atoms with van der Waals surface area (Å²) in [4.78, 5) is 24.4. The Balaban J connectivity index is 3.73. The van der Waals surface area contributed by atoms with Crippen LogP contribution in [0.3, 0.4) is 0 Å². The number of esters is 2. The number of carbonyl (C=O) groups is 2. The van der Waals surface area contributed by atoms with E-state index in [1.807, 2.05) is 0 Å². The standard InChI is InChI=1S/C62H96O5/c1-3-5-7-9-11-13-15-17-19-20-21-22-23-24-25-26-27-28-29-30-31-32-33-34-35-36-37-38-39-40-41-42-43-45-47-49-51-53-55-57-62(65)67-60(58-63)59-66-61(64)56-54-52-50-48-46-44-18-16-14-12-10-8-6-4-2/h5,7,11,13,16-19,21-22,24-25,27-28,30-31,33-34,36-37,39-40,42-43,47,49,60,63H,3-4,6,8-10,12,14-15,20,23,26,29,32,35,38,41,44-46,48,50-59H2,1-2H3/b7-5-,13-11-,18-16-,19-17-,22-21-,25-24-,28-27-,31-30-,34-33-,37-36-,40-39-,43-42-,49-47-. The lowest BCUT2D eigenvalue weighted by atomic mass is 10.1. The van der Waals surface area contributed by atoms with Crippen LogP contribution in [0.25, 0.3) is 0 Å². The number of hydrogen-bond acceptors (Lipinski definition) is 5. The van der Waals surface area contributed by atoms with Crippen molar-refractivity contribution >= 4 is 11.9 Å².